The Morgan fingerprint density at radius 3 is 2.78 bits per heavy atom. The number of hydrogen-bond donors (Lipinski definition) is 2. The van der Waals surface area contributed by atoms with Crippen LogP contribution in [0.2, 0.25) is 0 Å². The number of carbonyl (C=O) groups excluding carboxylic acids is 1. The van der Waals surface area contributed by atoms with Crippen LogP contribution >= 0.6 is 0 Å². The number of carbonyl (C=O) groups is 1. The summed E-state index contributed by atoms with van der Waals surface area (Å²) in [4.78, 5) is 14.3. The second-order valence-electron chi connectivity index (χ2n) is 7.15. The van der Waals surface area contributed by atoms with Crippen LogP contribution in [0.1, 0.15) is 58.3 Å². The zero-order valence-corrected chi connectivity index (χ0v) is 14.6. The molecule has 1 aliphatic carbocycles. The number of likely N-dealkylation sites (tertiary alicyclic amines) is 1. The highest BCUT2D eigenvalue weighted by atomic mass is 16.5. The van der Waals surface area contributed by atoms with Gasteiger partial charge in [0.15, 0.2) is 0 Å². The fourth-order valence-electron chi connectivity index (χ4n) is 3.92. The minimum absolute atomic E-state index is 0.0788. The molecule has 5 heteroatoms. The van der Waals surface area contributed by atoms with Crippen molar-refractivity contribution in [2.75, 3.05) is 32.8 Å². The minimum atomic E-state index is 0.0788. The monoisotopic (exact) mass is 326 g/mol. The smallest absolute Gasteiger partial charge is 0.234 e. The molecule has 0 radical (unpaired) electrons. The maximum atomic E-state index is 12.1. The lowest BCUT2D eigenvalue weighted by atomic mass is 9.88. The van der Waals surface area contributed by atoms with Crippen LogP contribution in [-0.2, 0) is 9.53 Å². The van der Waals surface area contributed by atoms with Crippen molar-refractivity contribution in [1.82, 2.24) is 10.2 Å². The van der Waals surface area contributed by atoms with Gasteiger partial charge in [-0.3, -0.25) is 9.69 Å². The van der Waals surface area contributed by atoms with Gasteiger partial charge in [0.2, 0.25) is 5.91 Å². The van der Waals surface area contributed by atoms with E-state index in [0.29, 0.717) is 37.8 Å². The molecular weight excluding hydrogens is 292 g/mol. The lowest BCUT2D eigenvalue weighted by molar-refractivity contribution is -0.123. The van der Waals surface area contributed by atoms with Crippen molar-refractivity contribution in [3.63, 3.8) is 0 Å². The Bertz CT molecular complexity index is 349. The molecule has 0 aromatic carbocycles. The van der Waals surface area contributed by atoms with E-state index in [-0.39, 0.29) is 12.5 Å². The van der Waals surface area contributed by atoms with Crippen LogP contribution in [0, 0.1) is 5.92 Å². The van der Waals surface area contributed by atoms with E-state index in [1.165, 1.54) is 25.7 Å². The van der Waals surface area contributed by atoms with Gasteiger partial charge >= 0.3 is 0 Å². The summed E-state index contributed by atoms with van der Waals surface area (Å²) in [5.74, 6) is 0.724. The molecule has 2 fully saturated rings. The summed E-state index contributed by atoms with van der Waals surface area (Å²) < 4.78 is 5.93. The summed E-state index contributed by atoms with van der Waals surface area (Å²) in [7, 11) is 0. The molecule has 134 valence electrons. The van der Waals surface area contributed by atoms with Gasteiger partial charge in [-0.05, 0) is 44.6 Å². The fourth-order valence-corrected chi connectivity index (χ4v) is 3.92. The third-order valence-corrected chi connectivity index (χ3v) is 5.35. The number of nitrogens with one attached hydrogen (secondary N) is 1. The number of aliphatic hydroxyl groups is 1. The van der Waals surface area contributed by atoms with Crippen molar-refractivity contribution in [2.45, 2.75) is 70.4 Å². The van der Waals surface area contributed by atoms with Crippen molar-refractivity contribution in [3.8, 4) is 0 Å². The molecule has 1 amide bonds. The number of aliphatic hydroxyl groups excluding tert-OH is 1. The van der Waals surface area contributed by atoms with Crippen LogP contribution < -0.4 is 5.32 Å². The Morgan fingerprint density at radius 1 is 1.22 bits per heavy atom. The van der Waals surface area contributed by atoms with Crippen LogP contribution in [0.15, 0.2) is 0 Å². The van der Waals surface area contributed by atoms with Crippen LogP contribution in [-0.4, -0.2) is 60.9 Å². The Morgan fingerprint density at radius 2 is 2.00 bits per heavy atom. The maximum Gasteiger partial charge on any atom is 0.234 e. The lowest BCUT2D eigenvalue weighted by Crippen LogP contribution is -2.46. The van der Waals surface area contributed by atoms with Crippen molar-refractivity contribution in [1.29, 1.82) is 0 Å². The van der Waals surface area contributed by atoms with E-state index in [1.807, 2.05) is 0 Å². The molecule has 0 aromatic rings. The second kappa shape index (κ2) is 10.3. The summed E-state index contributed by atoms with van der Waals surface area (Å²) in [5.41, 5.74) is 0. The van der Waals surface area contributed by atoms with Gasteiger partial charge < -0.3 is 15.2 Å². The zero-order chi connectivity index (χ0) is 16.5. The highest BCUT2D eigenvalue weighted by molar-refractivity contribution is 5.78. The Kier molecular flexibility index (Phi) is 8.34. The fraction of sp³-hybridized carbons (Fsp3) is 0.944. The number of nitrogens with zero attached hydrogens (tertiary/aromatic N) is 1. The molecule has 5 nitrogen and oxygen atoms in total. The van der Waals surface area contributed by atoms with Crippen LogP contribution in [0.4, 0.5) is 0 Å². The van der Waals surface area contributed by atoms with E-state index in [9.17, 15) is 4.79 Å². The van der Waals surface area contributed by atoms with Crippen LogP contribution in [0.3, 0.4) is 0 Å². The Hall–Kier alpha value is -0.650. The summed E-state index contributed by atoms with van der Waals surface area (Å²) in [6.07, 6.45) is 9.60. The summed E-state index contributed by atoms with van der Waals surface area (Å²) in [6, 6.07) is 0.360. The molecule has 2 rings (SSSR count). The lowest BCUT2D eigenvalue weighted by Gasteiger charge is -2.34. The summed E-state index contributed by atoms with van der Waals surface area (Å²) >= 11 is 0. The van der Waals surface area contributed by atoms with Gasteiger partial charge in [-0.15, -0.1) is 0 Å². The molecule has 1 saturated heterocycles. The second-order valence-corrected chi connectivity index (χ2v) is 7.15. The van der Waals surface area contributed by atoms with Crippen LogP contribution in [0.5, 0.6) is 0 Å². The topological polar surface area (TPSA) is 61.8 Å². The SMILES string of the molecule is CC1CCCCC1OCCNC(=O)CN1CCCCC1CCO. The summed E-state index contributed by atoms with van der Waals surface area (Å²) in [5, 5.41) is 12.1. The van der Waals surface area contributed by atoms with E-state index in [1.54, 1.807) is 0 Å². The standard InChI is InChI=1S/C18H34N2O3/c1-15-6-2-3-8-17(15)23-13-10-19-18(22)14-20-11-5-4-7-16(20)9-12-21/h15-17,21H,2-14H2,1H3,(H,19,22). The van der Waals surface area contributed by atoms with Gasteiger partial charge in [-0.25, -0.2) is 0 Å². The van der Waals surface area contributed by atoms with Gasteiger partial charge in [0, 0.05) is 19.2 Å². The highest BCUT2D eigenvalue weighted by Gasteiger charge is 2.24. The van der Waals surface area contributed by atoms with Gasteiger partial charge in [0.05, 0.1) is 19.3 Å². The zero-order valence-electron chi connectivity index (χ0n) is 14.6. The summed E-state index contributed by atoms with van der Waals surface area (Å²) in [6.45, 7) is 5.09. The molecule has 3 unspecified atom stereocenters. The number of ether oxygens (including phenoxy) is 1. The predicted molar refractivity (Wildman–Crippen MR) is 91.3 cm³/mol. The highest BCUT2D eigenvalue weighted by Crippen LogP contribution is 2.26. The van der Waals surface area contributed by atoms with Gasteiger partial charge in [-0.1, -0.05) is 26.2 Å². The first-order valence-electron chi connectivity index (χ1n) is 9.44. The number of piperidine rings is 1. The van der Waals surface area contributed by atoms with Gasteiger partial charge in [0.25, 0.3) is 0 Å². The van der Waals surface area contributed by atoms with Crippen molar-refractivity contribution in [3.05, 3.63) is 0 Å². The quantitative estimate of drug-likeness (QED) is 0.669. The average molecular weight is 326 g/mol. The van der Waals surface area contributed by atoms with Gasteiger partial charge in [0.1, 0.15) is 0 Å². The first-order valence-corrected chi connectivity index (χ1v) is 9.44. The van der Waals surface area contributed by atoms with Crippen molar-refractivity contribution in [2.24, 2.45) is 5.92 Å². The Labute approximate surface area is 140 Å². The number of hydrogen-bond acceptors (Lipinski definition) is 4. The first-order chi connectivity index (χ1) is 11.2. The molecule has 2 aliphatic rings. The van der Waals surface area contributed by atoms with E-state index in [0.717, 1.165) is 32.2 Å². The molecule has 0 bridgehead atoms. The number of rotatable bonds is 8. The average Bonchev–Trinajstić information content (AvgIpc) is 2.55. The maximum absolute atomic E-state index is 12.1. The number of amides is 1. The molecule has 1 aliphatic heterocycles. The molecular formula is C18H34N2O3. The van der Waals surface area contributed by atoms with E-state index in [2.05, 4.69) is 17.1 Å². The Balaban J connectivity index is 1.60. The predicted octanol–water partition coefficient (Wildman–Crippen LogP) is 1.93. The minimum Gasteiger partial charge on any atom is -0.396 e. The van der Waals surface area contributed by atoms with Crippen LogP contribution in [0.25, 0.3) is 0 Å². The molecule has 0 aromatic heterocycles. The normalized spacial score (nSPS) is 29.4. The van der Waals surface area contributed by atoms with E-state index >= 15 is 0 Å². The van der Waals surface area contributed by atoms with Crippen molar-refractivity contribution < 1.29 is 14.6 Å². The third-order valence-electron chi connectivity index (χ3n) is 5.35. The van der Waals surface area contributed by atoms with E-state index < -0.39 is 0 Å². The molecule has 1 saturated carbocycles. The largest absolute Gasteiger partial charge is 0.396 e. The molecule has 0 spiro atoms. The molecule has 2 N–H and O–H groups in total. The molecule has 1 heterocycles. The van der Waals surface area contributed by atoms with E-state index in [4.69, 9.17) is 9.84 Å². The molecule has 23 heavy (non-hydrogen) atoms. The molecule has 3 atom stereocenters. The first kappa shape index (κ1) is 18.7. The van der Waals surface area contributed by atoms with Gasteiger partial charge in [-0.2, -0.15) is 0 Å². The third kappa shape index (κ3) is 6.40. The van der Waals surface area contributed by atoms with Crippen molar-refractivity contribution >= 4 is 5.91 Å².